The van der Waals surface area contributed by atoms with Crippen LogP contribution in [0.25, 0.3) is 0 Å². The Morgan fingerprint density at radius 3 is 2.12 bits per heavy atom. The Labute approximate surface area is 99.9 Å². The molecule has 17 heavy (non-hydrogen) atoms. The van der Waals surface area contributed by atoms with Gasteiger partial charge in [0.05, 0.1) is 0 Å². The lowest BCUT2D eigenvalue weighted by Gasteiger charge is -2.36. The average molecular weight is 234 g/mol. The molecule has 0 N–H and O–H groups in total. The van der Waals surface area contributed by atoms with Gasteiger partial charge in [0.2, 0.25) is 0 Å². The second-order valence-electron chi connectivity index (χ2n) is 4.55. The lowest BCUT2D eigenvalue weighted by molar-refractivity contribution is -0.320. The maximum absolute atomic E-state index is 11.1. The lowest BCUT2D eigenvalue weighted by Crippen LogP contribution is -2.43. The summed E-state index contributed by atoms with van der Waals surface area (Å²) in [5, 5.41) is 21.8. The van der Waals surface area contributed by atoms with Gasteiger partial charge < -0.3 is 19.8 Å². The topological polar surface area (TPSA) is 80.3 Å². The zero-order chi connectivity index (χ0) is 13.1. The van der Waals surface area contributed by atoms with E-state index in [1.165, 1.54) is 13.8 Å². The Hall–Kier alpha value is -1.84. The minimum absolute atomic E-state index is 0.342. The molecule has 1 rings (SSSR count). The van der Waals surface area contributed by atoms with Gasteiger partial charge in [0.15, 0.2) is 0 Å². The van der Waals surface area contributed by atoms with Crippen LogP contribution in [-0.4, -0.2) is 11.9 Å². The molecular formula is C13H14O4-2. The van der Waals surface area contributed by atoms with E-state index in [1.807, 2.05) is 0 Å². The molecule has 0 aliphatic rings. The number of hydrogen-bond donors (Lipinski definition) is 0. The summed E-state index contributed by atoms with van der Waals surface area (Å²) in [5.41, 5.74) is -0.604. The maximum atomic E-state index is 11.1. The molecular weight excluding hydrogens is 220 g/mol. The first-order valence-electron chi connectivity index (χ1n) is 5.32. The summed E-state index contributed by atoms with van der Waals surface area (Å²) >= 11 is 0. The van der Waals surface area contributed by atoms with Gasteiger partial charge in [0.25, 0.3) is 0 Å². The normalized spacial score (nSPS) is 13.1. The van der Waals surface area contributed by atoms with Crippen LogP contribution < -0.4 is 10.2 Å². The molecule has 4 heteroatoms. The molecule has 0 amide bonds. The summed E-state index contributed by atoms with van der Waals surface area (Å²) in [7, 11) is 0. The standard InChI is InChI=1S/C13H16O4/c1-13(2,12(16)17)10(8-11(14)15)9-6-4-3-5-7-9/h3-7,10H,8H2,1-2H3,(H,14,15)(H,16,17)/p-2/t10-/m1/s1. The highest BCUT2D eigenvalue weighted by Crippen LogP contribution is 2.37. The number of carboxylic acids is 2. The monoisotopic (exact) mass is 234 g/mol. The maximum Gasteiger partial charge on any atom is 0.0476 e. The van der Waals surface area contributed by atoms with Crippen molar-refractivity contribution in [1.29, 1.82) is 0 Å². The van der Waals surface area contributed by atoms with Crippen molar-refractivity contribution in [3.63, 3.8) is 0 Å². The minimum Gasteiger partial charge on any atom is -0.550 e. The third kappa shape index (κ3) is 3.06. The van der Waals surface area contributed by atoms with E-state index in [2.05, 4.69) is 0 Å². The summed E-state index contributed by atoms with van der Waals surface area (Å²) in [4.78, 5) is 21.8. The highest BCUT2D eigenvalue weighted by Gasteiger charge is 2.32. The van der Waals surface area contributed by atoms with Gasteiger partial charge in [0.1, 0.15) is 0 Å². The second-order valence-corrected chi connectivity index (χ2v) is 4.55. The number of benzene rings is 1. The van der Waals surface area contributed by atoms with Crippen LogP contribution in [0.15, 0.2) is 30.3 Å². The first-order valence-corrected chi connectivity index (χ1v) is 5.32. The van der Waals surface area contributed by atoms with Crippen molar-refractivity contribution in [1.82, 2.24) is 0 Å². The fraction of sp³-hybridized carbons (Fsp3) is 0.385. The number of rotatable bonds is 5. The molecule has 1 aromatic carbocycles. The third-order valence-electron chi connectivity index (χ3n) is 2.97. The molecule has 0 radical (unpaired) electrons. The van der Waals surface area contributed by atoms with E-state index >= 15 is 0 Å². The molecule has 0 heterocycles. The Morgan fingerprint density at radius 1 is 1.18 bits per heavy atom. The average Bonchev–Trinajstić information content (AvgIpc) is 2.26. The fourth-order valence-electron chi connectivity index (χ4n) is 1.78. The van der Waals surface area contributed by atoms with Gasteiger partial charge in [-0.25, -0.2) is 0 Å². The summed E-state index contributed by atoms with van der Waals surface area (Å²) in [6, 6.07) is 8.67. The zero-order valence-corrected chi connectivity index (χ0v) is 9.80. The van der Waals surface area contributed by atoms with Crippen LogP contribution in [0, 0.1) is 5.41 Å². The van der Waals surface area contributed by atoms with E-state index in [0.29, 0.717) is 5.56 Å². The molecule has 1 aromatic rings. The van der Waals surface area contributed by atoms with E-state index < -0.39 is 23.3 Å². The Morgan fingerprint density at radius 2 is 1.71 bits per heavy atom. The quantitative estimate of drug-likeness (QED) is 0.699. The molecule has 0 saturated carbocycles. The fourth-order valence-corrected chi connectivity index (χ4v) is 1.78. The van der Waals surface area contributed by atoms with Gasteiger partial charge in [-0.05, 0) is 17.9 Å². The van der Waals surface area contributed by atoms with Crippen molar-refractivity contribution in [2.45, 2.75) is 26.2 Å². The molecule has 0 aliphatic carbocycles. The summed E-state index contributed by atoms with van der Waals surface area (Å²) in [5.74, 6) is -3.21. The highest BCUT2D eigenvalue weighted by atomic mass is 16.4. The van der Waals surface area contributed by atoms with E-state index in [9.17, 15) is 19.8 Å². The zero-order valence-electron chi connectivity index (χ0n) is 9.80. The minimum atomic E-state index is -1.27. The number of hydrogen-bond acceptors (Lipinski definition) is 4. The molecule has 0 fully saturated rings. The van der Waals surface area contributed by atoms with E-state index in [4.69, 9.17) is 0 Å². The first kappa shape index (κ1) is 13.2. The number of carboxylic acid groups (broad SMARTS) is 2. The Bertz CT molecular complexity index is 409. The van der Waals surface area contributed by atoms with Crippen LogP contribution in [0.2, 0.25) is 0 Å². The van der Waals surface area contributed by atoms with Gasteiger partial charge in [-0.1, -0.05) is 44.2 Å². The van der Waals surface area contributed by atoms with Crippen molar-refractivity contribution < 1.29 is 19.8 Å². The number of carbonyl (C=O) groups excluding carboxylic acids is 2. The predicted molar refractivity (Wildman–Crippen MR) is 57.6 cm³/mol. The predicted octanol–water partition coefficient (Wildman–Crippen LogP) is -0.314. The number of aliphatic carboxylic acids is 2. The van der Waals surface area contributed by atoms with Gasteiger partial charge >= 0.3 is 0 Å². The van der Waals surface area contributed by atoms with Crippen LogP contribution in [0.4, 0.5) is 0 Å². The molecule has 4 nitrogen and oxygen atoms in total. The smallest absolute Gasteiger partial charge is 0.0476 e. The SMILES string of the molecule is CC(C)(C(=O)[O-])[C@H](CC(=O)[O-])c1ccccc1. The van der Waals surface area contributed by atoms with E-state index in [-0.39, 0.29) is 6.42 Å². The summed E-state index contributed by atoms with van der Waals surface area (Å²) < 4.78 is 0. The van der Waals surface area contributed by atoms with Crippen LogP contribution in [0.1, 0.15) is 31.7 Å². The van der Waals surface area contributed by atoms with Gasteiger partial charge in [0, 0.05) is 17.4 Å². The Balaban J connectivity index is 3.13. The van der Waals surface area contributed by atoms with Gasteiger partial charge in [-0.3, -0.25) is 0 Å². The molecule has 0 unspecified atom stereocenters. The van der Waals surface area contributed by atoms with Crippen LogP contribution in [0.5, 0.6) is 0 Å². The molecule has 0 aliphatic heterocycles. The molecule has 0 bridgehead atoms. The number of carbonyl (C=O) groups is 2. The molecule has 0 aromatic heterocycles. The van der Waals surface area contributed by atoms with Crippen molar-refractivity contribution in [3.05, 3.63) is 35.9 Å². The van der Waals surface area contributed by atoms with Crippen molar-refractivity contribution in [2.24, 2.45) is 5.41 Å². The van der Waals surface area contributed by atoms with Crippen molar-refractivity contribution in [2.75, 3.05) is 0 Å². The lowest BCUT2D eigenvalue weighted by atomic mass is 9.73. The molecule has 0 saturated heterocycles. The first-order chi connectivity index (χ1) is 7.85. The van der Waals surface area contributed by atoms with E-state index in [0.717, 1.165) is 0 Å². The summed E-state index contributed by atoms with van der Waals surface area (Å²) in [6.45, 7) is 2.92. The summed E-state index contributed by atoms with van der Waals surface area (Å²) in [6.07, 6.45) is -0.342. The highest BCUT2D eigenvalue weighted by molar-refractivity contribution is 5.75. The molecule has 0 spiro atoms. The molecule has 1 atom stereocenters. The Kier molecular flexibility index (Phi) is 3.89. The van der Waals surface area contributed by atoms with Crippen molar-refractivity contribution in [3.8, 4) is 0 Å². The second kappa shape index (κ2) is 4.99. The van der Waals surface area contributed by atoms with Crippen LogP contribution in [-0.2, 0) is 9.59 Å². The third-order valence-corrected chi connectivity index (χ3v) is 2.97. The molecule has 92 valence electrons. The van der Waals surface area contributed by atoms with E-state index in [1.54, 1.807) is 30.3 Å². The largest absolute Gasteiger partial charge is 0.550 e. The van der Waals surface area contributed by atoms with Crippen molar-refractivity contribution >= 4 is 11.9 Å². The van der Waals surface area contributed by atoms with Gasteiger partial charge in [-0.15, -0.1) is 0 Å². The van der Waals surface area contributed by atoms with Crippen LogP contribution >= 0.6 is 0 Å². The van der Waals surface area contributed by atoms with Crippen LogP contribution in [0.3, 0.4) is 0 Å². The van der Waals surface area contributed by atoms with Gasteiger partial charge in [-0.2, -0.15) is 0 Å².